The van der Waals surface area contributed by atoms with Gasteiger partial charge in [-0.3, -0.25) is 19.3 Å². The number of hydrogen-bond donors (Lipinski definition) is 3. The molecule has 1 fully saturated rings. The van der Waals surface area contributed by atoms with Gasteiger partial charge in [0.2, 0.25) is 11.8 Å². The first-order valence-corrected chi connectivity index (χ1v) is 8.13. The second-order valence-electron chi connectivity index (χ2n) is 5.91. The van der Waals surface area contributed by atoms with Crippen molar-refractivity contribution >= 4 is 23.8 Å². The largest absolute Gasteiger partial charge is 0.497 e. The molecule has 1 aromatic carbocycles. The van der Waals surface area contributed by atoms with Crippen molar-refractivity contribution in [3.05, 3.63) is 29.8 Å². The van der Waals surface area contributed by atoms with Crippen molar-refractivity contribution in [3.8, 4) is 5.75 Å². The molecular formula is C17H22N4O5. The van der Waals surface area contributed by atoms with Crippen LogP contribution in [0.1, 0.15) is 19.4 Å². The Morgan fingerprint density at radius 1 is 1.23 bits per heavy atom. The van der Waals surface area contributed by atoms with Crippen LogP contribution in [0, 0.1) is 0 Å². The van der Waals surface area contributed by atoms with Crippen LogP contribution in [0.15, 0.2) is 24.3 Å². The lowest BCUT2D eigenvalue weighted by Crippen LogP contribution is -2.45. The molecule has 3 N–H and O–H groups in total. The number of carbonyl (C=O) groups excluding carboxylic acids is 4. The quantitative estimate of drug-likeness (QED) is 0.577. The lowest BCUT2D eigenvalue weighted by Gasteiger charge is -2.22. The van der Waals surface area contributed by atoms with Gasteiger partial charge < -0.3 is 20.7 Å². The predicted octanol–water partition coefficient (Wildman–Crippen LogP) is -0.285. The summed E-state index contributed by atoms with van der Waals surface area (Å²) >= 11 is 0. The average Bonchev–Trinajstić information content (AvgIpc) is 2.84. The monoisotopic (exact) mass is 362 g/mol. The predicted molar refractivity (Wildman–Crippen MR) is 92.3 cm³/mol. The molecule has 0 bridgehead atoms. The third kappa shape index (κ3) is 3.93. The van der Waals surface area contributed by atoms with Gasteiger partial charge in [-0.2, -0.15) is 0 Å². The minimum Gasteiger partial charge on any atom is -0.497 e. The van der Waals surface area contributed by atoms with Gasteiger partial charge in [-0.05, 0) is 31.5 Å². The van der Waals surface area contributed by atoms with E-state index in [4.69, 9.17) is 4.74 Å². The third-order valence-electron chi connectivity index (χ3n) is 4.04. The summed E-state index contributed by atoms with van der Waals surface area (Å²) < 4.78 is 5.15. The molecule has 0 saturated carbocycles. The Hall–Kier alpha value is -3.10. The summed E-state index contributed by atoms with van der Waals surface area (Å²) in [5.74, 6) is -0.957. The van der Waals surface area contributed by atoms with Gasteiger partial charge in [0, 0.05) is 6.54 Å². The summed E-state index contributed by atoms with van der Waals surface area (Å²) in [6.07, 6.45) is 0. The number of benzene rings is 1. The first kappa shape index (κ1) is 19.2. The van der Waals surface area contributed by atoms with Crippen LogP contribution in [0.2, 0.25) is 0 Å². The van der Waals surface area contributed by atoms with E-state index in [2.05, 4.69) is 16.0 Å². The molecule has 1 saturated heterocycles. The average molecular weight is 362 g/mol. The van der Waals surface area contributed by atoms with E-state index in [1.54, 1.807) is 38.1 Å². The first-order chi connectivity index (χ1) is 12.3. The number of rotatable bonds is 7. The number of methoxy groups -OCH3 is 1. The number of hydrogen-bond acceptors (Lipinski definition) is 5. The Balaban J connectivity index is 2.08. The van der Waals surface area contributed by atoms with Crippen molar-refractivity contribution < 1.29 is 23.9 Å². The number of nitrogens with one attached hydrogen (secondary N) is 3. The van der Waals surface area contributed by atoms with Crippen LogP contribution in [-0.4, -0.2) is 55.4 Å². The fourth-order valence-electron chi connectivity index (χ4n) is 2.61. The number of likely N-dealkylation sites (N-methyl/N-ethyl adjacent to an activating group) is 1. The van der Waals surface area contributed by atoms with E-state index in [1.165, 1.54) is 7.11 Å². The number of urea groups is 1. The van der Waals surface area contributed by atoms with Crippen molar-refractivity contribution in [2.75, 3.05) is 26.7 Å². The fourth-order valence-corrected chi connectivity index (χ4v) is 2.61. The van der Waals surface area contributed by atoms with Gasteiger partial charge in [0.1, 0.15) is 17.8 Å². The van der Waals surface area contributed by atoms with E-state index in [-0.39, 0.29) is 12.5 Å². The van der Waals surface area contributed by atoms with E-state index in [0.717, 1.165) is 4.90 Å². The molecule has 1 aromatic rings. The van der Waals surface area contributed by atoms with E-state index in [0.29, 0.717) is 17.9 Å². The molecular weight excluding hydrogens is 340 g/mol. The molecule has 0 aromatic heterocycles. The van der Waals surface area contributed by atoms with Gasteiger partial charge in [-0.15, -0.1) is 0 Å². The second-order valence-corrected chi connectivity index (χ2v) is 5.91. The van der Waals surface area contributed by atoms with Gasteiger partial charge in [0.25, 0.3) is 5.91 Å². The molecule has 26 heavy (non-hydrogen) atoms. The first-order valence-electron chi connectivity index (χ1n) is 8.13. The third-order valence-corrected chi connectivity index (χ3v) is 4.04. The van der Waals surface area contributed by atoms with E-state index < -0.39 is 29.9 Å². The normalized spacial score (nSPS) is 19.1. The highest BCUT2D eigenvalue weighted by atomic mass is 16.5. The number of carbonyl (C=O) groups is 4. The van der Waals surface area contributed by atoms with Gasteiger partial charge in [0.05, 0.1) is 13.7 Å². The molecule has 1 aliphatic heterocycles. The van der Waals surface area contributed by atoms with E-state index >= 15 is 0 Å². The summed E-state index contributed by atoms with van der Waals surface area (Å²) in [6.45, 7) is 3.08. The zero-order chi connectivity index (χ0) is 19.3. The molecule has 1 heterocycles. The maximum Gasteiger partial charge on any atom is 0.325 e. The molecule has 2 rings (SSSR count). The van der Waals surface area contributed by atoms with Crippen molar-refractivity contribution in [3.63, 3.8) is 0 Å². The lowest BCUT2D eigenvalue weighted by atomic mass is 9.92. The Morgan fingerprint density at radius 2 is 1.96 bits per heavy atom. The SMILES string of the molecule is CCNC(=O)CNC(=O)CN1C(=O)N[C@@](C)(c2cccc(OC)c2)C1=O. The molecule has 9 nitrogen and oxygen atoms in total. The van der Waals surface area contributed by atoms with Crippen molar-refractivity contribution in [1.82, 2.24) is 20.9 Å². The summed E-state index contributed by atoms with van der Waals surface area (Å²) in [6, 6.07) is 6.10. The van der Waals surface area contributed by atoms with Crippen molar-refractivity contribution in [2.45, 2.75) is 19.4 Å². The molecule has 5 amide bonds. The van der Waals surface area contributed by atoms with E-state index in [1.807, 2.05) is 0 Å². The summed E-state index contributed by atoms with van der Waals surface area (Å²) in [5, 5.41) is 7.52. The molecule has 1 atom stereocenters. The van der Waals surface area contributed by atoms with Crippen LogP contribution in [-0.2, 0) is 19.9 Å². The van der Waals surface area contributed by atoms with Crippen LogP contribution in [0.4, 0.5) is 4.79 Å². The highest BCUT2D eigenvalue weighted by Gasteiger charge is 2.49. The van der Waals surface area contributed by atoms with Crippen LogP contribution in [0.3, 0.4) is 0 Å². The number of nitrogens with zero attached hydrogens (tertiary/aromatic N) is 1. The molecule has 1 aliphatic rings. The molecule has 140 valence electrons. The molecule has 0 unspecified atom stereocenters. The maximum atomic E-state index is 12.8. The molecule has 0 aliphatic carbocycles. The van der Waals surface area contributed by atoms with Gasteiger partial charge in [-0.1, -0.05) is 12.1 Å². The van der Waals surface area contributed by atoms with E-state index in [9.17, 15) is 19.2 Å². The Labute approximate surface area is 151 Å². The van der Waals surface area contributed by atoms with Gasteiger partial charge in [0.15, 0.2) is 0 Å². The van der Waals surface area contributed by atoms with Crippen LogP contribution < -0.4 is 20.7 Å². The highest BCUT2D eigenvalue weighted by molar-refractivity contribution is 6.09. The summed E-state index contributed by atoms with van der Waals surface area (Å²) in [4.78, 5) is 49.1. The number of ether oxygens (including phenoxy) is 1. The lowest BCUT2D eigenvalue weighted by molar-refractivity contribution is -0.135. The summed E-state index contributed by atoms with van der Waals surface area (Å²) in [7, 11) is 1.50. The second kappa shape index (κ2) is 7.85. The Kier molecular flexibility index (Phi) is 5.81. The topological polar surface area (TPSA) is 117 Å². The number of amides is 5. The smallest absolute Gasteiger partial charge is 0.325 e. The minimum atomic E-state index is -1.30. The highest BCUT2D eigenvalue weighted by Crippen LogP contribution is 2.30. The van der Waals surface area contributed by atoms with Crippen molar-refractivity contribution in [1.29, 1.82) is 0 Å². The van der Waals surface area contributed by atoms with Gasteiger partial charge in [-0.25, -0.2) is 4.79 Å². The molecule has 0 spiro atoms. The van der Waals surface area contributed by atoms with Crippen LogP contribution >= 0.6 is 0 Å². The van der Waals surface area contributed by atoms with Gasteiger partial charge >= 0.3 is 6.03 Å². The molecule has 9 heteroatoms. The van der Waals surface area contributed by atoms with Crippen LogP contribution in [0.25, 0.3) is 0 Å². The Bertz CT molecular complexity index is 736. The fraction of sp³-hybridized carbons (Fsp3) is 0.412. The zero-order valence-electron chi connectivity index (χ0n) is 14.9. The number of imide groups is 1. The summed E-state index contributed by atoms with van der Waals surface area (Å²) in [5.41, 5.74) is -0.758. The van der Waals surface area contributed by atoms with Crippen LogP contribution in [0.5, 0.6) is 5.75 Å². The van der Waals surface area contributed by atoms with Crippen molar-refractivity contribution in [2.24, 2.45) is 0 Å². The minimum absolute atomic E-state index is 0.219. The zero-order valence-corrected chi connectivity index (χ0v) is 14.9. The molecule has 0 radical (unpaired) electrons. The maximum absolute atomic E-state index is 12.8. The Morgan fingerprint density at radius 3 is 2.62 bits per heavy atom. The standard InChI is InChI=1S/C17H22N4O5/c1-4-18-13(22)9-19-14(23)10-21-15(24)17(2,20-16(21)25)11-6-5-7-12(8-11)26-3/h5-8H,4,9-10H2,1-3H3,(H,18,22)(H,19,23)(H,20,25)/t17-/m0/s1.